The van der Waals surface area contributed by atoms with Crippen molar-refractivity contribution in [2.45, 2.75) is 6.92 Å². The largest absolute Gasteiger partial charge is 0.411 e. The number of hydrogen-bond donors (Lipinski definition) is 2. The molecule has 0 spiro atoms. The lowest BCUT2D eigenvalue weighted by Crippen LogP contribution is -2.02. The summed E-state index contributed by atoms with van der Waals surface area (Å²) >= 11 is 5.52. The number of aryl methyl sites for hydroxylation is 1. The summed E-state index contributed by atoms with van der Waals surface area (Å²) in [5.41, 5.74) is 1.22. The Hall–Kier alpha value is -0.550. The van der Waals surface area contributed by atoms with Crippen molar-refractivity contribution in [2.24, 2.45) is 5.16 Å². The van der Waals surface area contributed by atoms with E-state index in [0.29, 0.717) is 17.2 Å². The van der Waals surface area contributed by atoms with Gasteiger partial charge in [0, 0.05) is 11.1 Å². The Bertz CT molecular complexity index is 269. The summed E-state index contributed by atoms with van der Waals surface area (Å²) in [6.07, 6.45) is 0. The Morgan fingerprint density at radius 1 is 1.91 bits per heavy atom. The summed E-state index contributed by atoms with van der Waals surface area (Å²) in [5, 5.41) is 14.4. The van der Waals surface area contributed by atoms with E-state index in [1.165, 1.54) is 11.3 Å². The van der Waals surface area contributed by atoms with E-state index in [4.69, 9.17) is 5.21 Å². The quantitative estimate of drug-likeness (QED) is 0.320. The summed E-state index contributed by atoms with van der Waals surface area (Å²) in [5.74, 6) is 0.402. The molecule has 60 valence electrons. The molecule has 0 unspecified atom stereocenters. The third-order valence-corrected chi connectivity index (χ3v) is 2.26. The molecular weight excluding hydrogens is 180 g/mol. The molecule has 1 rings (SSSR count). The lowest BCUT2D eigenvalue weighted by atomic mass is 10.3. The molecule has 1 aromatic rings. The first kappa shape index (κ1) is 8.55. The highest BCUT2D eigenvalue weighted by Gasteiger charge is 2.04. The third kappa shape index (κ3) is 1.94. The summed E-state index contributed by atoms with van der Waals surface area (Å²) in [6.45, 7) is 1.90. The van der Waals surface area contributed by atoms with Crippen LogP contribution < -0.4 is 0 Å². The molecule has 0 aliphatic heterocycles. The Kier molecular flexibility index (Phi) is 2.90. The summed E-state index contributed by atoms with van der Waals surface area (Å²) < 4.78 is 0. The molecule has 0 amide bonds. The maximum absolute atomic E-state index is 8.49. The second kappa shape index (κ2) is 3.73. The molecular formula is C6H8N2OS2. The first-order chi connectivity index (χ1) is 5.27. The maximum Gasteiger partial charge on any atom is 0.116 e. The van der Waals surface area contributed by atoms with Gasteiger partial charge in [0.15, 0.2) is 0 Å². The average Bonchev–Trinajstić information content (AvgIpc) is 2.39. The second-order valence-electron chi connectivity index (χ2n) is 1.96. The normalized spacial score (nSPS) is 12.0. The number of rotatable bonds is 2. The molecule has 1 aromatic heterocycles. The minimum absolute atomic E-state index is 0.402. The van der Waals surface area contributed by atoms with Gasteiger partial charge in [0.05, 0.1) is 10.7 Å². The predicted octanol–water partition coefficient (Wildman–Crippen LogP) is 1.56. The zero-order chi connectivity index (χ0) is 8.27. The van der Waals surface area contributed by atoms with Crippen LogP contribution in [0, 0.1) is 6.92 Å². The number of nitrogens with zero attached hydrogens (tertiary/aromatic N) is 2. The van der Waals surface area contributed by atoms with Gasteiger partial charge >= 0.3 is 0 Å². The van der Waals surface area contributed by atoms with Gasteiger partial charge < -0.3 is 5.21 Å². The molecule has 1 heterocycles. The average molecular weight is 188 g/mol. The molecule has 1 N–H and O–H groups in total. The van der Waals surface area contributed by atoms with E-state index in [1.54, 1.807) is 0 Å². The first-order valence-electron chi connectivity index (χ1n) is 3.02. The van der Waals surface area contributed by atoms with E-state index in [9.17, 15) is 0 Å². The Morgan fingerprint density at radius 2 is 2.64 bits per heavy atom. The van der Waals surface area contributed by atoms with Crippen molar-refractivity contribution < 1.29 is 5.21 Å². The molecule has 0 radical (unpaired) electrons. The molecule has 0 saturated carbocycles. The predicted molar refractivity (Wildman–Crippen MR) is 49.0 cm³/mol. The smallest absolute Gasteiger partial charge is 0.116 e. The van der Waals surface area contributed by atoms with Crippen molar-refractivity contribution in [2.75, 3.05) is 5.75 Å². The fourth-order valence-electron chi connectivity index (χ4n) is 0.660. The van der Waals surface area contributed by atoms with Crippen LogP contribution in [-0.4, -0.2) is 21.7 Å². The number of hydrogen-bond acceptors (Lipinski definition) is 5. The van der Waals surface area contributed by atoms with Crippen LogP contribution in [0.25, 0.3) is 0 Å². The maximum atomic E-state index is 8.49. The van der Waals surface area contributed by atoms with Crippen molar-refractivity contribution in [1.82, 2.24) is 4.98 Å². The zero-order valence-electron chi connectivity index (χ0n) is 5.98. The van der Waals surface area contributed by atoms with Gasteiger partial charge in [-0.1, -0.05) is 5.16 Å². The van der Waals surface area contributed by atoms with Crippen LogP contribution in [0.2, 0.25) is 0 Å². The van der Waals surface area contributed by atoms with Gasteiger partial charge in [-0.25, -0.2) is 4.98 Å². The van der Waals surface area contributed by atoms with Gasteiger partial charge in [-0.05, 0) is 6.92 Å². The van der Waals surface area contributed by atoms with Crippen LogP contribution in [0.1, 0.15) is 10.7 Å². The van der Waals surface area contributed by atoms with Gasteiger partial charge in [-0.3, -0.25) is 0 Å². The standard InChI is InChI=1S/C6H8N2OS2/c1-4-7-6(3-11-4)5(2-10)8-9/h3,9-10H,2H2,1H3/b8-5-. The number of oxime groups is 1. The highest BCUT2D eigenvalue weighted by atomic mass is 32.1. The molecule has 0 aliphatic rings. The first-order valence-corrected chi connectivity index (χ1v) is 4.53. The molecule has 0 fully saturated rings. The van der Waals surface area contributed by atoms with Crippen LogP contribution in [0.4, 0.5) is 0 Å². The van der Waals surface area contributed by atoms with Crippen molar-refractivity contribution in [3.8, 4) is 0 Å². The summed E-state index contributed by atoms with van der Waals surface area (Å²) in [4.78, 5) is 4.13. The van der Waals surface area contributed by atoms with Crippen molar-refractivity contribution in [3.05, 3.63) is 16.1 Å². The number of thiazole rings is 1. The number of thiol groups is 1. The van der Waals surface area contributed by atoms with E-state index in [-0.39, 0.29) is 0 Å². The van der Waals surface area contributed by atoms with E-state index in [0.717, 1.165) is 5.01 Å². The van der Waals surface area contributed by atoms with Crippen LogP contribution in [0.5, 0.6) is 0 Å². The highest BCUT2D eigenvalue weighted by molar-refractivity contribution is 7.81. The van der Waals surface area contributed by atoms with Crippen LogP contribution in [0.15, 0.2) is 10.5 Å². The van der Waals surface area contributed by atoms with Crippen LogP contribution in [0.3, 0.4) is 0 Å². The zero-order valence-corrected chi connectivity index (χ0v) is 7.69. The SMILES string of the molecule is Cc1nc(/C(CS)=N\O)cs1. The second-order valence-corrected chi connectivity index (χ2v) is 3.34. The van der Waals surface area contributed by atoms with Gasteiger partial charge in [-0.15, -0.1) is 11.3 Å². The molecule has 0 saturated heterocycles. The lowest BCUT2D eigenvalue weighted by Gasteiger charge is -1.92. The minimum Gasteiger partial charge on any atom is -0.411 e. The fourth-order valence-corrected chi connectivity index (χ4v) is 1.51. The summed E-state index contributed by atoms with van der Waals surface area (Å²) in [7, 11) is 0. The lowest BCUT2D eigenvalue weighted by molar-refractivity contribution is 0.319. The van der Waals surface area contributed by atoms with Crippen molar-refractivity contribution >= 4 is 29.7 Å². The molecule has 0 atom stereocenters. The van der Waals surface area contributed by atoms with Crippen molar-refractivity contribution in [1.29, 1.82) is 0 Å². The monoisotopic (exact) mass is 188 g/mol. The van der Waals surface area contributed by atoms with Gasteiger partial charge in [0.25, 0.3) is 0 Å². The van der Waals surface area contributed by atoms with Gasteiger partial charge in [0.1, 0.15) is 5.71 Å². The third-order valence-electron chi connectivity index (χ3n) is 1.19. The Morgan fingerprint density at radius 3 is 3.00 bits per heavy atom. The van der Waals surface area contributed by atoms with Gasteiger partial charge in [0.2, 0.25) is 0 Å². The van der Waals surface area contributed by atoms with E-state index < -0.39 is 0 Å². The van der Waals surface area contributed by atoms with E-state index in [1.807, 2.05) is 12.3 Å². The highest BCUT2D eigenvalue weighted by Crippen LogP contribution is 2.09. The molecule has 0 aromatic carbocycles. The molecule has 5 heteroatoms. The molecule has 11 heavy (non-hydrogen) atoms. The molecule has 3 nitrogen and oxygen atoms in total. The Balaban J connectivity index is 2.91. The fraction of sp³-hybridized carbons (Fsp3) is 0.333. The molecule has 0 aliphatic carbocycles. The molecule has 0 bridgehead atoms. The van der Waals surface area contributed by atoms with Crippen LogP contribution in [-0.2, 0) is 0 Å². The topological polar surface area (TPSA) is 45.5 Å². The van der Waals surface area contributed by atoms with E-state index in [2.05, 4.69) is 22.8 Å². The van der Waals surface area contributed by atoms with Gasteiger partial charge in [-0.2, -0.15) is 12.6 Å². The van der Waals surface area contributed by atoms with E-state index >= 15 is 0 Å². The Labute approximate surface area is 74.2 Å². The van der Waals surface area contributed by atoms with Crippen molar-refractivity contribution in [3.63, 3.8) is 0 Å². The number of aromatic nitrogens is 1. The minimum atomic E-state index is 0.402. The van der Waals surface area contributed by atoms with Crippen LogP contribution >= 0.6 is 24.0 Å². The summed E-state index contributed by atoms with van der Waals surface area (Å²) in [6, 6.07) is 0.